The average molecular weight is 347 g/mol. The Bertz CT molecular complexity index is 642. The molecule has 2 atom stereocenters. The number of aliphatic imine (C=N–C) groups is 1. The molecule has 0 bridgehead atoms. The second-order valence-corrected chi connectivity index (χ2v) is 6.85. The van der Waals surface area contributed by atoms with Crippen LogP contribution in [0.15, 0.2) is 29.3 Å². The van der Waals surface area contributed by atoms with Crippen LogP contribution in [0.3, 0.4) is 0 Å². The number of likely N-dealkylation sites (tertiary alicyclic amines) is 1. The lowest BCUT2D eigenvalue weighted by atomic mass is 10.1. The van der Waals surface area contributed by atoms with Crippen LogP contribution in [0.4, 0.5) is 4.39 Å². The lowest BCUT2D eigenvalue weighted by Crippen LogP contribution is -2.50. The van der Waals surface area contributed by atoms with Crippen LogP contribution in [0, 0.1) is 5.82 Å². The third kappa shape index (κ3) is 4.69. The number of nitrogens with zero attached hydrogens (tertiary/aromatic N) is 2. The summed E-state index contributed by atoms with van der Waals surface area (Å²) in [6.07, 6.45) is 2.80. The van der Waals surface area contributed by atoms with Crippen molar-refractivity contribution in [1.29, 1.82) is 0 Å². The Labute approximate surface area is 147 Å². The summed E-state index contributed by atoms with van der Waals surface area (Å²) in [5.41, 5.74) is 6.01. The summed E-state index contributed by atoms with van der Waals surface area (Å²) in [4.78, 5) is 17.4. The normalized spacial score (nSPS) is 24.8. The van der Waals surface area contributed by atoms with Gasteiger partial charge >= 0.3 is 0 Å². The largest absolute Gasteiger partial charge is 0.369 e. The zero-order valence-corrected chi connectivity index (χ0v) is 14.5. The number of hydrogen-bond acceptors (Lipinski definition) is 3. The molecular weight excluding hydrogens is 321 g/mol. The number of primary amides is 1. The molecule has 25 heavy (non-hydrogen) atoms. The van der Waals surface area contributed by atoms with Crippen LogP contribution in [0.2, 0.25) is 0 Å². The van der Waals surface area contributed by atoms with Crippen LogP contribution in [0.5, 0.6) is 0 Å². The van der Waals surface area contributed by atoms with Crippen LogP contribution in [0.25, 0.3) is 0 Å². The highest BCUT2D eigenvalue weighted by Gasteiger charge is 2.40. The van der Waals surface area contributed by atoms with E-state index in [1.54, 1.807) is 13.1 Å². The molecule has 1 aliphatic carbocycles. The number of benzene rings is 1. The summed E-state index contributed by atoms with van der Waals surface area (Å²) in [6, 6.07) is 7.50. The average Bonchev–Trinajstić information content (AvgIpc) is 3.35. The van der Waals surface area contributed by atoms with Gasteiger partial charge in [-0.05, 0) is 30.9 Å². The Morgan fingerprint density at radius 3 is 2.68 bits per heavy atom. The predicted octanol–water partition coefficient (Wildman–Crippen LogP) is 0.796. The number of piperidine rings is 1. The molecule has 1 aromatic carbocycles. The number of carbonyl (C=O) groups excluding carboxylic acids is 1. The zero-order valence-electron chi connectivity index (χ0n) is 14.5. The Morgan fingerprint density at radius 2 is 2.04 bits per heavy atom. The standard InChI is InChI=1S/C18H26FN5O/c1-21-18(22-12-6-8-24(9-7-12)11-17(20)25)23-16-10-14(16)13-4-2-3-5-15(13)19/h2-5,12,14,16H,6-11H2,1H3,(H2,20,25)(H2,21,22,23). The second kappa shape index (κ2) is 7.82. The molecule has 1 aromatic rings. The highest BCUT2D eigenvalue weighted by atomic mass is 19.1. The molecule has 2 unspecified atom stereocenters. The fraction of sp³-hybridized carbons (Fsp3) is 0.556. The minimum Gasteiger partial charge on any atom is -0.369 e. The van der Waals surface area contributed by atoms with Crippen LogP contribution in [-0.4, -0.2) is 55.5 Å². The van der Waals surface area contributed by atoms with Crippen molar-refractivity contribution in [3.8, 4) is 0 Å². The molecule has 1 aliphatic heterocycles. The number of nitrogens with one attached hydrogen (secondary N) is 2. The molecule has 2 aliphatic rings. The highest BCUT2D eigenvalue weighted by molar-refractivity contribution is 5.81. The van der Waals surface area contributed by atoms with Crippen molar-refractivity contribution in [2.75, 3.05) is 26.7 Å². The molecule has 1 heterocycles. The first kappa shape index (κ1) is 17.7. The fourth-order valence-electron chi connectivity index (χ4n) is 3.47. The van der Waals surface area contributed by atoms with Gasteiger partial charge in [0.15, 0.2) is 5.96 Å². The zero-order chi connectivity index (χ0) is 17.8. The van der Waals surface area contributed by atoms with E-state index in [0.29, 0.717) is 12.6 Å². The van der Waals surface area contributed by atoms with Gasteiger partial charge in [0.2, 0.25) is 5.91 Å². The summed E-state index contributed by atoms with van der Waals surface area (Å²) in [6.45, 7) is 2.02. The van der Waals surface area contributed by atoms with E-state index < -0.39 is 0 Å². The van der Waals surface area contributed by atoms with E-state index in [2.05, 4.69) is 20.5 Å². The third-order valence-corrected chi connectivity index (χ3v) is 4.95. The highest BCUT2D eigenvalue weighted by Crippen LogP contribution is 2.41. The third-order valence-electron chi connectivity index (χ3n) is 4.95. The maximum Gasteiger partial charge on any atom is 0.231 e. The summed E-state index contributed by atoms with van der Waals surface area (Å²) in [5, 5.41) is 6.83. The number of nitrogens with two attached hydrogens (primary N) is 1. The maximum atomic E-state index is 13.9. The Balaban J connectivity index is 1.46. The second-order valence-electron chi connectivity index (χ2n) is 6.85. The first-order valence-corrected chi connectivity index (χ1v) is 8.81. The summed E-state index contributed by atoms with van der Waals surface area (Å²) in [7, 11) is 1.75. The van der Waals surface area contributed by atoms with Gasteiger partial charge in [0.05, 0.1) is 6.54 Å². The number of halogens is 1. The van der Waals surface area contributed by atoms with E-state index in [9.17, 15) is 9.18 Å². The summed E-state index contributed by atoms with van der Waals surface area (Å²) in [5.74, 6) is 0.549. The van der Waals surface area contributed by atoms with Crippen molar-refractivity contribution in [1.82, 2.24) is 15.5 Å². The van der Waals surface area contributed by atoms with E-state index in [0.717, 1.165) is 43.9 Å². The molecule has 4 N–H and O–H groups in total. The molecule has 136 valence electrons. The molecule has 7 heteroatoms. The molecule has 0 radical (unpaired) electrons. The van der Waals surface area contributed by atoms with Gasteiger partial charge in [0, 0.05) is 38.1 Å². The number of hydrogen-bond donors (Lipinski definition) is 3. The minimum atomic E-state index is -0.281. The van der Waals surface area contributed by atoms with E-state index in [1.807, 2.05) is 12.1 Å². The van der Waals surface area contributed by atoms with Crippen molar-refractivity contribution >= 4 is 11.9 Å². The molecule has 0 spiro atoms. The van der Waals surface area contributed by atoms with Crippen molar-refractivity contribution < 1.29 is 9.18 Å². The molecule has 3 rings (SSSR count). The van der Waals surface area contributed by atoms with Gasteiger partial charge in [0.1, 0.15) is 5.82 Å². The Hall–Kier alpha value is -2.15. The van der Waals surface area contributed by atoms with Gasteiger partial charge in [-0.15, -0.1) is 0 Å². The smallest absolute Gasteiger partial charge is 0.231 e. The van der Waals surface area contributed by atoms with Crippen molar-refractivity contribution in [3.63, 3.8) is 0 Å². The lowest BCUT2D eigenvalue weighted by molar-refractivity contribution is -0.119. The Kier molecular flexibility index (Phi) is 5.53. The fourth-order valence-corrected chi connectivity index (χ4v) is 3.47. The number of guanidine groups is 1. The van der Waals surface area contributed by atoms with Crippen molar-refractivity contribution in [2.24, 2.45) is 10.7 Å². The number of carbonyl (C=O) groups is 1. The molecule has 1 amide bonds. The molecular formula is C18H26FN5O. The molecule has 0 aromatic heterocycles. The van der Waals surface area contributed by atoms with Crippen LogP contribution >= 0.6 is 0 Å². The molecule has 1 saturated carbocycles. The van der Waals surface area contributed by atoms with Crippen molar-refractivity contribution in [3.05, 3.63) is 35.6 Å². The SMILES string of the molecule is CN=C(NC1CCN(CC(N)=O)CC1)NC1CC1c1ccccc1F. The maximum absolute atomic E-state index is 13.9. The van der Waals surface area contributed by atoms with Gasteiger partial charge in [-0.1, -0.05) is 18.2 Å². The van der Waals surface area contributed by atoms with Gasteiger partial charge in [-0.3, -0.25) is 14.7 Å². The van der Waals surface area contributed by atoms with Crippen LogP contribution in [0.1, 0.15) is 30.7 Å². The minimum absolute atomic E-state index is 0.137. The van der Waals surface area contributed by atoms with Gasteiger partial charge < -0.3 is 16.4 Å². The van der Waals surface area contributed by atoms with Crippen LogP contribution < -0.4 is 16.4 Å². The van der Waals surface area contributed by atoms with Gasteiger partial charge in [0.25, 0.3) is 0 Å². The number of rotatable bonds is 5. The van der Waals surface area contributed by atoms with Crippen molar-refractivity contribution in [2.45, 2.75) is 37.3 Å². The first-order valence-electron chi connectivity index (χ1n) is 8.81. The van der Waals surface area contributed by atoms with E-state index in [-0.39, 0.29) is 23.7 Å². The lowest BCUT2D eigenvalue weighted by Gasteiger charge is -2.32. The van der Waals surface area contributed by atoms with Gasteiger partial charge in [-0.25, -0.2) is 4.39 Å². The summed E-state index contributed by atoms with van der Waals surface area (Å²) >= 11 is 0. The van der Waals surface area contributed by atoms with E-state index in [4.69, 9.17) is 5.73 Å². The van der Waals surface area contributed by atoms with Crippen LogP contribution in [-0.2, 0) is 4.79 Å². The molecule has 6 nitrogen and oxygen atoms in total. The topological polar surface area (TPSA) is 82.8 Å². The monoisotopic (exact) mass is 347 g/mol. The molecule has 2 fully saturated rings. The van der Waals surface area contributed by atoms with E-state index >= 15 is 0 Å². The Morgan fingerprint density at radius 1 is 1.32 bits per heavy atom. The predicted molar refractivity (Wildman–Crippen MR) is 95.8 cm³/mol. The first-order chi connectivity index (χ1) is 12.1. The summed E-state index contributed by atoms with van der Waals surface area (Å²) < 4.78 is 13.9. The number of amides is 1. The van der Waals surface area contributed by atoms with E-state index in [1.165, 1.54) is 6.07 Å². The molecule has 1 saturated heterocycles. The quantitative estimate of drug-likeness (QED) is 0.543. The van der Waals surface area contributed by atoms with Gasteiger partial charge in [-0.2, -0.15) is 0 Å².